The number of esters is 1. The van der Waals surface area contributed by atoms with Crippen molar-refractivity contribution in [1.82, 2.24) is 34.5 Å². The SMILES string of the molecule is COc1ccc(C(OC[C@@]23CN(c4noc(C)n4)[C@@H]([C@H](n4cc(C)c(-n5cncn5)nc4=O)O2)[C@@H]3OC(C)=O)(c2ccccc2)c2ccc(OC)cc2)cc1. The molecular weight excluding hydrogens is 708 g/mol. The third-order valence-electron chi connectivity index (χ3n) is 10.1. The zero-order chi connectivity index (χ0) is 38.3. The minimum Gasteiger partial charge on any atom is -0.497 e. The summed E-state index contributed by atoms with van der Waals surface area (Å²) in [5, 5.41) is 8.36. The molecule has 8 rings (SSSR count). The van der Waals surface area contributed by atoms with Crippen molar-refractivity contribution >= 4 is 11.9 Å². The van der Waals surface area contributed by atoms with Crippen LogP contribution in [0.15, 0.2) is 107 Å². The number of anilines is 1. The standard InChI is InChI=1S/C39H38N8O8/c1-24-19-45(37(49)43-34(24)47-23-40-22-41-47)35-32-33(53-26(3)48)38(54-35,20-46(32)36-42-25(2)55-44-36)21-52-39(27-9-7-6-8-10-27,28-11-15-30(50-4)16-12-28)29-13-17-31(51-5)18-14-29/h6-19,22-23,32-33,35H,20-21H2,1-5H3/t32-,33+,35-,38-/m1/s1. The molecule has 16 nitrogen and oxygen atoms in total. The van der Waals surface area contributed by atoms with Crippen LogP contribution >= 0.6 is 0 Å². The van der Waals surface area contributed by atoms with Gasteiger partial charge in [0, 0.05) is 25.6 Å². The number of methoxy groups -OCH3 is 2. The molecule has 0 saturated carbocycles. The first-order valence-corrected chi connectivity index (χ1v) is 17.5. The lowest BCUT2D eigenvalue weighted by Gasteiger charge is -2.41. The van der Waals surface area contributed by atoms with Gasteiger partial charge in [0.05, 0.1) is 27.4 Å². The molecule has 282 valence electrons. The Morgan fingerprint density at radius 3 is 2.15 bits per heavy atom. The van der Waals surface area contributed by atoms with E-state index in [9.17, 15) is 9.59 Å². The van der Waals surface area contributed by atoms with Crippen LogP contribution in [-0.2, 0) is 24.6 Å². The predicted molar refractivity (Wildman–Crippen MR) is 195 cm³/mol. The zero-order valence-electron chi connectivity index (χ0n) is 30.7. The maximum Gasteiger partial charge on any atom is 0.351 e. The molecule has 16 heteroatoms. The van der Waals surface area contributed by atoms with Crippen molar-refractivity contribution in [2.24, 2.45) is 0 Å². The number of benzene rings is 3. The first-order valence-electron chi connectivity index (χ1n) is 17.5. The third kappa shape index (κ3) is 6.18. The Labute approximate surface area is 315 Å². The monoisotopic (exact) mass is 746 g/mol. The maximum absolute atomic E-state index is 13.9. The highest BCUT2D eigenvalue weighted by Gasteiger charge is 2.68. The van der Waals surface area contributed by atoms with Gasteiger partial charge in [-0.3, -0.25) is 9.36 Å². The molecule has 2 bridgehead atoms. The molecule has 3 aromatic carbocycles. The van der Waals surface area contributed by atoms with E-state index in [0.717, 1.165) is 16.7 Å². The van der Waals surface area contributed by atoms with E-state index in [2.05, 4.69) is 25.2 Å². The second-order valence-corrected chi connectivity index (χ2v) is 13.4. The van der Waals surface area contributed by atoms with Crippen molar-refractivity contribution < 1.29 is 33.0 Å². The Balaban J connectivity index is 1.28. The van der Waals surface area contributed by atoms with Crippen molar-refractivity contribution in [2.75, 3.05) is 32.3 Å². The van der Waals surface area contributed by atoms with Gasteiger partial charge in [-0.1, -0.05) is 54.6 Å². The molecule has 2 fully saturated rings. The number of aryl methyl sites for hydroxylation is 2. The third-order valence-corrected chi connectivity index (χ3v) is 10.1. The first-order chi connectivity index (χ1) is 26.7. The lowest BCUT2D eigenvalue weighted by molar-refractivity contribution is -0.175. The summed E-state index contributed by atoms with van der Waals surface area (Å²) in [7, 11) is 3.22. The number of hydrogen-bond donors (Lipinski definition) is 0. The molecule has 6 aromatic rings. The van der Waals surface area contributed by atoms with E-state index >= 15 is 0 Å². The molecule has 5 heterocycles. The van der Waals surface area contributed by atoms with Gasteiger partial charge in [-0.05, 0) is 53.0 Å². The van der Waals surface area contributed by atoms with Crippen LogP contribution in [0, 0.1) is 13.8 Å². The number of carbonyl (C=O) groups excluding carboxylic acids is 1. The predicted octanol–water partition coefficient (Wildman–Crippen LogP) is 3.94. The van der Waals surface area contributed by atoms with E-state index in [1.54, 1.807) is 34.3 Å². The average Bonchev–Trinajstić information content (AvgIpc) is 4.01. The molecule has 0 amide bonds. The molecule has 0 aliphatic carbocycles. The van der Waals surface area contributed by atoms with Crippen LogP contribution in [0.1, 0.15) is 41.3 Å². The van der Waals surface area contributed by atoms with Crippen molar-refractivity contribution in [3.8, 4) is 17.3 Å². The lowest BCUT2D eigenvalue weighted by atomic mass is 9.79. The smallest absolute Gasteiger partial charge is 0.351 e. The fourth-order valence-electron chi connectivity index (χ4n) is 7.62. The summed E-state index contributed by atoms with van der Waals surface area (Å²) in [5.74, 6) is 1.69. The lowest BCUT2D eigenvalue weighted by Crippen LogP contribution is -2.52. The number of rotatable bonds is 12. The number of carbonyl (C=O) groups is 1. The maximum atomic E-state index is 13.9. The molecule has 0 spiro atoms. The van der Waals surface area contributed by atoms with E-state index in [1.807, 2.05) is 83.8 Å². The van der Waals surface area contributed by atoms with Gasteiger partial charge in [-0.2, -0.15) is 15.1 Å². The quantitative estimate of drug-likeness (QED) is 0.130. The van der Waals surface area contributed by atoms with Gasteiger partial charge in [0.15, 0.2) is 23.8 Å². The van der Waals surface area contributed by atoms with Crippen molar-refractivity contribution in [3.05, 3.63) is 136 Å². The van der Waals surface area contributed by atoms with Crippen molar-refractivity contribution in [2.45, 2.75) is 50.3 Å². The Morgan fingerprint density at radius 2 is 1.58 bits per heavy atom. The number of fused-ring (bicyclic) bond motifs is 2. The van der Waals surface area contributed by atoms with Crippen LogP contribution in [0.4, 0.5) is 5.95 Å². The Bertz CT molecular complexity index is 2300. The van der Waals surface area contributed by atoms with Crippen LogP contribution in [0.25, 0.3) is 5.82 Å². The van der Waals surface area contributed by atoms with Crippen molar-refractivity contribution in [3.63, 3.8) is 0 Å². The normalized spacial score (nSPS) is 20.5. The molecule has 0 unspecified atom stereocenters. The summed E-state index contributed by atoms with van der Waals surface area (Å²) < 4.78 is 39.7. The fraction of sp³-hybridized carbons (Fsp3) is 0.308. The molecule has 0 radical (unpaired) electrons. The summed E-state index contributed by atoms with van der Waals surface area (Å²) in [5.41, 5.74) is -0.205. The molecule has 2 aliphatic heterocycles. The van der Waals surface area contributed by atoms with Gasteiger partial charge in [0.2, 0.25) is 5.89 Å². The molecule has 3 aromatic heterocycles. The molecule has 0 N–H and O–H groups in total. The van der Waals surface area contributed by atoms with E-state index in [1.165, 1.54) is 28.8 Å². The highest BCUT2D eigenvalue weighted by Crippen LogP contribution is 2.51. The van der Waals surface area contributed by atoms with Crippen LogP contribution in [-0.4, -0.2) is 85.5 Å². The summed E-state index contributed by atoms with van der Waals surface area (Å²) in [6.45, 7) is 4.81. The van der Waals surface area contributed by atoms with E-state index in [4.69, 9.17) is 28.2 Å². The van der Waals surface area contributed by atoms with Gasteiger partial charge in [0.25, 0.3) is 5.95 Å². The summed E-state index contributed by atoms with van der Waals surface area (Å²) in [6, 6.07) is 24.3. The van der Waals surface area contributed by atoms with E-state index in [-0.39, 0.29) is 19.1 Å². The molecule has 4 atom stereocenters. The number of aromatic nitrogens is 7. The van der Waals surface area contributed by atoms with Gasteiger partial charge < -0.3 is 33.1 Å². The second kappa shape index (κ2) is 14.1. The average molecular weight is 747 g/mol. The number of ether oxygens (including phenoxy) is 5. The van der Waals surface area contributed by atoms with Crippen LogP contribution in [0.2, 0.25) is 0 Å². The number of hydrogen-bond acceptors (Lipinski definition) is 14. The number of nitrogens with zero attached hydrogens (tertiary/aromatic N) is 8. The first kappa shape index (κ1) is 35.6. The van der Waals surface area contributed by atoms with Crippen LogP contribution < -0.4 is 20.1 Å². The Hall–Kier alpha value is -6.39. The van der Waals surface area contributed by atoms with Gasteiger partial charge in [-0.25, -0.2) is 14.5 Å². The van der Waals surface area contributed by atoms with E-state index in [0.29, 0.717) is 28.8 Å². The summed E-state index contributed by atoms with van der Waals surface area (Å²) in [4.78, 5) is 41.5. The second-order valence-electron chi connectivity index (χ2n) is 13.4. The molecule has 55 heavy (non-hydrogen) atoms. The Kier molecular flexibility index (Phi) is 9.14. The van der Waals surface area contributed by atoms with Crippen LogP contribution in [0.3, 0.4) is 0 Å². The zero-order valence-corrected chi connectivity index (χ0v) is 30.7. The Morgan fingerprint density at radius 1 is 0.927 bits per heavy atom. The minimum atomic E-state index is -1.37. The topological polar surface area (TPSA) is 171 Å². The molecular formula is C39H38N8O8. The van der Waals surface area contributed by atoms with Crippen LogP contribution in [0.5, 0.6) is 11.5 Å². The fourth-order valence-corrected chi connectivity index (χ4v) is 7.62. The van der Waals surface area contributed by atoms with Gasteiger partial charge in [-0.15, -0.1) is 0 Å². The largest absolute Gasteiger partial charge is 0.497 e. The summed E-state index contributed by atoms with van der Waals surface area (Å²) >= 11 is 0. The molecule has 2 saturated heterocycles. The van der Waals surface area contributed by atoms with Gasteiger partial charge >= 0.3 is 11.7 Å². The highest BCUT2D eigenvalue weighted by atomic mass is 16.6. The van der Waals surface area contributed by atoms with Gasteiger partial charge in [0.1, 0.15) is 35.8 Å². The van der Waals surface area contributed by atoms with Crippen molar-refractivity contribution in [1.29, 1.82) is 0 Å². The summed E-state index contributed by atoms with van der Waals surface area (Å²) in [6.07, 6.45) is 2.46. The molecule has 2 aliphatic rings. The number of morpholine rings is 1. The van der Waals surface area contributed by atoms with E-state index < -0.39 is 41.2 Å². The minimum absolute atomic E-state index is 0.124. The highest BCUT2D eigenvalue weighted by molar-refractivity contribution is 5.67.